The van der Waals surface area contributed by atoms with Crippen molar-refractivity contribution in [1.29, 1.82) is 0 Å². The van der Waals surface area contributed by atoms with E-state index in [1.165, 1.54) is 22.3 Å². The summed E-state index contributed by atoms with van der Waals surface area (Å²) in [7, 11) is 0. The predicted molar refractivity (Wildman–Crippen MR) is 133 cm³/mol. The van der Waals surface area contributed by atoms with Gasteiger partial charge in [-0.05, 0) is 53.9 Å². The van der Waals surface area contributed by atoms with Gasteiger partial charge < -0.3 is 20.5 Å². The van der Waals surface area contributed by atoms with Crippen LogP contribution in [0.3, 0.4) is 0 Å². The molecule has 7 heteroatoms. The number of fused-ring (bicyclic) bond motifs is 3. The average Bonchev–Trinajstić information content (AvgIpc) is 3.19. The largest absolute Gasteiger partial charge is 0.481 e. The first-order chi connectivity index (χ1) is 16.9. The highest BCUT2D eigenvalue weighted by Crippen LogP contribution is 2.44. The number of ether oxygens (including phenoxy) is 1. The molecule has 1 fully saturated rings. The van der Waals surface area contributed by atoms with E-state index in [1.807, 2.05) is 31.2 Å². The van der Waals surface area contributed by atoms with Gasteiger partial charge in [0, 0.05) is 24.9 Å². The molecule has 0 aliphatic heterocycles. The zero-order valence-electron chi connectivity index (χ0n) is 20.2. The van der Waals surface area contributed by atoms with Crippen LogP contribution in [-0.2, 0) is 14.3 Å². The smallest absolute Gasteiger partial charge is 0.407 e. The summed E-state index contributed by atoms with van der Waals surface area (Å²) in [5.74, 6) is -1.07. The number of carboxylic acid groups (broad SMARTS) is 1. The van der Waals surface area contributed by atoms with Crippen LogP contribution in [0.5, 0.6) is 0 Å². The molecule has 2 aromatic carbocycles. The van der Waals surface area contributed by atoms with Crippen LogP contribution in [0.4, 0.5) is 4.79 Å². The maximum atomic E-state index is 12.4. The molecular formula is C28H34N2O5. The van der Waals surface area contributed by atoms with Gasteiger partial charge in [0.1, 0.15) is 6.61 Å². The number of rotatable bonds is 9. The number of amides is 2. The molecule has 0 aromatic heterocycles. The molecule has 2 aliphatic carbocycles. The molecule has 0 bridgehead atoms. The summed E-state index contributed by atoms with van der Waals surface area (Å²) >= 11 is 0. The van der Waals surface area contributed by atoms with E-state index in [0.717, 1.165) is 12.8 Å². The number of hydrogen-bond acceptors (Lipinski definition) is 4. The molecule has 0 heterocycles. The molecule has 0 spiro atoms. The molecule has 0 radical (unpaired) electrons. The highest BCUT2D eigenvalue weighted by molar-refractivity contribution is 5.79. The van der Waals surface area contributed by atoms with Gasteiger partial charge in [-0.2, -0.15) is 0 Å². The number of carboxylic acids is 1. The van der Waals surface area contributed by atoms with Gasteiger partial charge in [-0.15, -0.1) is 0 Å². The molecule has 2 aliphatic rings. The Morgan fingerprint density at radius 2 is 1.69 bits per heavy atom. The maximum Gasteiger partial charge on any atom is 0.407 e. The molecule has 2 aromatic rings. The van der Waals surface area contributed by atoms with Crippen molar-refractivity contribution in [1.82, 2.24) is 10.6 Å². The lowest BCUT2D eigenvalue weighted by atomic mass is 9.85. The number of nitrogens with one attached hydrogen (secondary N) is 2. The Morgan fingerprint density at radius 3 is 2.34 bits per heavy atom. The first-order valence-electron chi connectivity index (χ1n) is 12.5. The third-order valence-corrected chi connectivity index (χ3v) is 7.19. The number of carbonyl (C=O) groups is 3. The van der Waals surface area contributed by atoms with E-state index < -0.39 is 12.1 Å². The number of benzene rings is 2. The SMILES string of the molecule is CC(CCC(=O)NC1CCCC(C(=O)O)C1)CNC(=O)OCC1c2ccccc2-c2ccccc21. The zero-order chi connectivity index (χ0) is 24.8. The lowest BCUT2D eigenvalue weighted by Gasteiger charge is -2.27. The highest BCUT2D eigenvalue weighted by atomic mass is 16.5. The molecule has 0 saturated heterocycles. The van der Waals surface area contributed by atoms with Crippen LogP contribution in [0.25, 0.3) is 11.1 Å². The van der Waals surface area contributed by atoms with E-state index in [0.29, 0.717) is 32.2 Å². The fourth-order valence-corrected chi connectivity index (χ4v) is 5.23. The van der Waals surface area contributed by atoms with Crippen molar-refractivity contribution in [3.63, 3.8) is 0 Å². The highest BCUT2D eigenvalue weighted by Gasteiger charge is 2.29. The van der Waals surface area contributed by atoms with Gasteiger partial charge in [-0.1, -0.05) is 61.9 Å². The number of alkyl carbamates (subject to hydrolysis) is 1. The van der Waals surface area contributed by atoms with Crippen molar-refractivity contribution in [2.75, 3.05) is 13.2 Å². The Labute approximate surface area is 206 Å². The van der Waals surface area contributed by atoms with Gasteiger partial charge >= 0.3 is 12.1 Å². The van der Waals surface area contributed by atoms with Crippen LogP contribution < -0.4 is 10.6 Å². The summed E-state index contributed by atoms with van der Waals surface area (Å²) in [6, 6.07) is 16.4. The molecule has 4 rings (SSSR count). The van der Waals surface area contributed by atoms with Crippen LogP contribution in [0.15, 0.2) is 48.5 Å². The van der Waals surface area contributed by atoms with E-state index >= 15 is 0 Å². The summed E-state index contributed by atoms with van der Waals surface area (Å²) in [5.41, 5.74) is 4.73. The quantitative estimate of drug-likeness (QED) is 0.485. The molecule has 3 N–H and O–H groups in total. The molecule has 35 heavy (non-hydrogen) atoms. The average molecular weight is 479 g/mol. The van der Waals surface area contributed by atoms with Crippen molar-refractivity contribution in [3.8, 4) is 11.1 Å². The Kier molecular flexibility index (Phi) is 8.06. The monoisotopic (exact) mass is 478 g/mol. The number of aliphatic carboxylic acids is 1. The molecule has 3 unspecified atom stereocenters. The Bertz CT molecular complexity index is 1020. The second-order valence-corrected chi connectivity index (χ2v) is 9.82. The second-order valence-electron chi connectivity index (χ2n) is 9.82. The summed E-state index contributed by atoms with van der Waals surface area (Å²) in [5, 5.41) is 15.0. The minimum atomic E-state index is -0.781. The summed E-state index contributed by atoms with van der Waals surface area (Å²) in [4.78, 5) is 35.9. The lowest BCUT2D eigenvalue weighted by molar-refractivity contribution is -0.143. The molecule has 1 saturated carbocycles. The van der Waals surface area contributed by atoms with Gasteiger partial charge in [-0.3, -0.25) is 9.59 Å². The molecule has 3 atom stereocenters. The summed E-state index contributed by atoms with van der Waals surface area (Å²) < 4.78 is 5.57. The Hall–Kier alpha value is -3.35. The van der Waals surface area contributed by atoms with E-state index in [4.69, 9.17) is 4.74 Å². The molecule has 186 valence electrons. The van der Waals surface area contributed by atoms with Gasteiger partial charge in [-0.25, -0.2) is 4.79 Å². The predicted octanol–water partition coefficient (Wildman–Crippen LogP) is 4.70. The van der Waals surface area contributed by atoms with Gasteiger partial charge in [0.15, 0.2) is 0 Å². The zero-order valence-corrected chi connectivity index (χ0v) is 20.2. The van der Waals surface area contributed by atoms with E-state index in [-0.39, 0.29) is 36.3 Å². The van der Waals surface area contributed by atoms with Crippen molar-refractivity contribution in [2.45, 2.75) is 57.4 Å². The van der Waals surface area contributed by atoms with Gasteiger partial charge in [0.25, 0.3) is 0 Å². The van der Waals surface area contributed by atoms with Gasteiger partial charge in [0.2, 0.25) is 5.91 Å². The Balaban J connectivity index is 1.17. The third-order valence-electron chi connectivity index (χ3n) is 7.19. The molecular weight excluding hydrogens is 444 g/mol. The first kappa shape index (κ1) is 24.8. The van der Waals surface area contributed by atoms with Crippen LogP contribution in [-0.4, -0.2) is 42.3 Å². The van der Waals surface area contributed by atoms with Crippen molar-refractivity contribution in [3.05, 3.63) is 59.7 Å². The number of carbonyl (C=O) groups excluding carboxylic acids is 2. The van der Waals surface area contributed by atoms with Crippen molar-refractivity contribution < 1.29 is 24.2 Å². The van der Waals surface area contributed by atoms with Crippen molar-refractivity contribution in [2.24, 2.45) is 11.8 Å². The van der Waals surface area contributed by atoms with Crippen LogP contribution in [0.2, 0.25) is 0 Å². The molecule has 7 nitrogen and oxygen atoms in total. The summed E-state index contributed by atoms with van der Waals surface area (Å²) in [6.07, 6.45) is 3.36. The summed E-state index contributed by atoms with van der Waals surface area (Å²) in [6.45, 7) is 2.68. The van der Waals surface area contributed by atoms with E-state index in [1.54, 1.807) is 0 Å². The first-order valence-corrected chi connectivity index (χ1v) is 12.5. The van der Waals surface area contributed by atoms with Gasteiger partial charge in [0.05, 0.1) is 5.92 Å². The molecule has 2 amide bonds. The second kappa shape index (κ2) is 11.4. The third kappa shape index (κ3) is 6.21. The maximum absolute atomic E-state index is 12.4. The van der Waals surface area contributed by atoms with Crippen molar-refractivity contribution >= 4 is 18.0 Å². The minimum absolute atomic E-state index is 0.0229. The lowest BCUT2D eigenvalue weighted by Crippen LogP contribution is -2.40. The standard InChI is InChI=1S/C28H34N2O5/c1-18(13-14-26(31)30-20-8-6-7-19(15-20)27(32)33)16-29-28(34)35-17-25-23-11-4-2-9-21(23)22-10-3-5-12-24(22)25/h2-5,9-12,18-20,25H,6-8,13-17H2,1H3,(H,29,34)(H,30,31)(H,32,33). The van der Waals surface area contributed by atoms with Crippen LogP contribution >= 0.6 is 0 Å². The topological polar surface area (TPSA) is 105 Å². The Morgan fingerprint density at radius 1 is 1.03 bits per heavy atom. The van der Waals surface area contributed by atoms with Crippen LogP contribution in [0.1, 0.15) is 62.5 Å². The number of hydrogen-bond donors (Lipinski definition) is 3. The minimum Gasteiger partial charge on any atom is -0.481 e. The fourth-order valence-electron chi connectivity index (χ4n) is 5.23. The normalized spacial score (nSPS) is 19.8. The van der Waals surface area contributed by atoms with Crippen LogP contribution in [0, 0.1) is 11.8 Å². The fraction of sp³-hybridized carbons (Fsp3) is 0.464. The van der Waals surface area contributed by atoms with E-state index in [9.17, 15) is 19.5 Å². The van der Waals surface area contributed by atoms with E-state index in [2.05, 4.69) is 34.9 Å².